The molecule has 10 heteroatoms. The third-order valence-corrected chi connectivity index (χ3v) is 17.4. The van der Waals surface area contributed by atoms with Crippen LogP contribution in [0.15, 0.2) is 214 Å². The van der Waals surface area contributed by atoms with Crippen LogP contribution in [-0.2, 0) is 0 Å². The van der Waals surface area contributed by atoms with Gasteiger partial charge in [0.2, 0.25) is 0 Å². The largest absolute Gasteiger partial charge is 0.261 e. The Kier molecular flexibility index (Phi) is 14.2. The first-order chi connectivity index (χ1) is 38.6. The maximum Gasteiger partial charge on any atom is 0.0703 e. The summed E-state index contributed by atoms with van der Waals surface area (Å²) in [4.78, 5) is 49.8. The molecule has 0 spiro atoms. The van der Waals surface area contributed by atoms with E-state index in [1.165, 1.54) is 5.69 Å². The predicted molar refractivity (Wildman–Crippen MR) is 307 cm³/mol. The Morgan fingerprint density at radius 2 is 0.423 bits per heavy atom. The van der Waals surface area contributed by atoms with E-state index in [4.69, 9.17) is 49.8 Å². The predicted octanol–water partition coefficient (Wildman–Crippen LogP) is 15.2. The number of aromatic nitrogens is 10. The summed E-state index contributed by atoms with van der Waals surface area (Å²) in [5, 5.41) is 0. The van der Waals surface area contributed by atoms with Gasteiger partial charge >= 0.3 is 0 Å². The Morgan fingerprint density at radius 3 is 0.641 bits per heavy atom. The van der Waals surface area contributed by atoms with E-state index in [0.29, 0.717) is 23.7 Å². The van der Waals surface area contributed by atoms with E-state index >= 15 is 0 Å². The van der Waals surface area contributed by atoms with Crippen molar-refractivity contribution in [3.8, 4) is 56.3 Å². The molecule has 10 aromatic rings. The van der Waals surface area contributed by atoms with Gasteiger partial charge in [-0.05, 0) is 203 Å². The number of rotatable bonds is 12. The first-order valence-electron chi connectivity index (χ1n) is 28.0. The fraction of sp³-hybridized carbons (Fsp3) is 0.265. The Balaban J connectivity index is 0.891. The van der Waals surface area contributed by atoms with Gasteiger partial charge in [-0.25, -0.2) is 0 Å². The quantitative estimate of drug-likeness (QED) is 0.117. The van der Waals surface area contributed by atoms with Crippen LogP contribution < -0.4 is 0 Å². The molecule has 10 aromatic heterocycles. The number of hydrogen-bond donors (Lipinski definition) is 0. The highest BCUT2D eigenvalue weighted by Gasteiger charge is 2.44. The van der Waals surface area contributed by atoms with E-state index in [-0.39, 0.29) is 29.6 Å². The highest BCUT2D eigenvalue weighted by molar-refractivity contribution is 5.62. The Labute approximate surface area is 457 Å². The summed E-state index contributed by atoms with van der Waals surface area (Å²) in [5.74, 6) is 2.92. The molecule has 6 unspecified atom stereocenters. The molecule has 10 heterocycles. The lowest BCUT2D eigenvalue weighted by Gasteiger charge is -2.47. The van der Waals surface area contributed by atoms with Crippen molar-refractivity contribution in [2.75, 3.05) is 0 Å². The lowest BCUT2D eigenvalue weighted by atomic mass is 9.58. The maximum atomic E-state index is 5.26. The second-order valence-electron chi connectivity index (χ2n) is 22.1. The molecule has 384 valence electrons. The van der Waals surface area contributed by atoms with Gasteiger partial charge in [0.1, 0.15) is 0 Å². The second-order valence-corrected chi connectivity index (χ2v) is 22.1. The van der Waals surface area contributed by atoms with Gasteiger partial charge < -0.3 is 0 Å². The zero-order valence-corrected chi connectivity index (χ0v) is 43.7. The third kappa shape index (κ3) is 10.9. The molecule has 3 aliphatic carbocycles. The van der Waals surface area contributed by atoms with Crippen molar-refractivity contribution in [2.24, 2.45) is 23.7 Å². The number of hydrogen-bond acceptors (Lipinski definition) is 10. The molecule has 0 amide bonds. The fourth-order valence-corrected chi connectivity index (χ4v) is 13.7. The van der Waals surface area contributed by atoms with E-state index in [1.54, 1.807) is 0 Å². The maximum absolute atomic E-state index is 5.26. The van der Waals surface area contributed by atoms with E-state index in [9.17, 15) is 0 Å². The Hall–Kier alpha value is -8.50. The van der Waals surface area contributed by atoms with E-state index < -0.39 is 0 Å². The minimum Gasteiger partial charge on any atom is -0.261 e. The smallest absolute Gasteiger partial charge is 0.0703 e. The molecule has 0 N–H and O–H groups in total. The summed E-state index contributed by atoms with van der Waals surface area (Å²) in [6, 6.07) is 52.8. The molecule has 0 radical (unpaired) electrons. The molecule has 3 aliphatic rings. The van der Waals surface area contributed by atoms with Crippen LogP contribution in [-0.4, -0.2) is 49.8 Å². The van der Waals surface area contributed by atoms with Gasteiger partial charge in [-0.15, -0.1) is 0 Å². The van der Waals surface area contributed by atoms with E-state index in [1.807, 2.05) is 92.3 Å². The van der Waals surface area contributed by atoms with E-state index in [0.717, 1.165) is 137 Å². The molecule has 6 atom stereocenters. The molecular formula is C68H62N10. The van der Waals surface area contributed by atoms with Crippen molar-refractivity contribution >= 4 is 0 Å². The van der Waals surface area contributed by atoms with Gasteiger partial charge in [0.05, 0.1) is 28.5 Å². The molecular weight excluding hydrogens is 957 g/mol. The lowest BCUT2D eigenvalue weighted by molar-refractivity contribution is 0.0793. The van der Waals surface area contributed by atoms with Crippen LogP contribution in [0.25, 0.3) is 56.3 Å². The van der Waals surface area contributed by atoms with Crippen LogP contribution in [0.3, 0.4) is 0 Å². The molecule has 10 nitrogen and oxygen atoms in total. The minimum absolute atomic E-state index is 0.237. The molecule has 3 fully saturated rings. The lowest BCUT2D eigenvalue weighted by Crippen LogP contribution is -2.36. The van der Waals surface area contributed by atoms with Crippen LogP contribution in [0.1, 0.15) is 116 Å². The summed E-state index contributed by atoms with van der Waals surface area (Å²) < 4.78 is 0. The Morgan fingerprint density at radius 1 is 0.205 bits per heavy atom. The van der Waals surface area contributed by atoms with Crippen molar-refractivity contribution < 1.29 is 0 Å². The summed E-state index contributed by atoms with van der Waals surface area (Å²) in [6.07, 6.45) is 28.8. The molecule has 78 heavy (non-hydrogen) atoms. The highest BCUT2D eigenvalue weighted by atomic mass is 14.8. The highest BCUT2D eigenvalue weighted by Crippen LogP contribution is 2.56. The number of pyridine rings is 10. The average molecular weight is 1020 g/mol. The molecule has 0 aliphatic heterocycles. The van der Waals surface area contributed by atoms with Crippen LogP contribution in [0.5, 0.6) is 0 Å². The van der Waals surface area contributed by atoms with Crippen molar-refractivity contribution in [2.45, 2.75) is 87.4 Å². The van der Waals surface area contributed by atoms with Crippen molar-refractivity contribution in [1.82, 2.24) is 49.8 Å². The number of nitrogens with zero attached hydrogens (tertiary/aromatic N) is 10. The molecule has 3 saturated carbocycles. The minimum atomic E-state index is 0.237. The first kappa shape index (κ1) is 49.1. The normalized spacial score (nSPS) is 23.3. The summed E-state index contributed by atoms with van der Waals surface area (Å²) >= 11 is 0. The monoisotopic (exact) mass is 1020 g/mol. The van der Waals surface area contributed by atoms with Gasteiger partial charge in [0.15, 0.2) is 0 Å². The topological polar surface area (TPSA) is 129 Å². The molecule has 0 bridgehead atoms. The van der Waals surface area contributed by atoms with Gasteiger partial charge in [0, 0.05) is 148 Å². The third-order valence-electron chi connectivity index (χ3n) is 17.4. The zero-order valence-electron chi connectivity index (χ0n) is 43.7. The van der Waals surface area contributed by atoms with Crippen LogP contribution in [0.2, 0.25) is 0 Å². The molecule has 0 aromatic carbocycles. The summed E-state index contributed by atoms with van der Waals surface area (Å²) in [5.41, 5.74) is 16.1. The van der Waals surface area contributed by atoms with Gasteiger partial charge in [-0.3, -0.25) is 49.8 Å². The molecule has 0 saturated heterocycles. The van der Waals surface area contributed by atoms with Crippen LogP contribution in [0, 0.1) is 23.7 Å². The van der Waals surface area contributed by atoms with Crippen molar-refractivity contribution in [3.05, 3.63) is 242 Å². The average Bonchev–Trinajstić information content (AvgIpc) is 3.57. The standard InChI is InChI=1S/C68H62N10/c1-6-21-69-59(11-1)45-16-26-74-64(40-45)54-32-50(52-34-55(65-41-46(17-27-75-65)60-12-2-7-22-70-60)38-56(35-52)66-42-47(18-28-76-66)61-13-3-8-23-71-61)31-51(33-54)53-36-57(67-43-48(19-29-77-67)62-14-4-9-24-72-62)39-58(37-53)68-44-49(20-30-78-68)63-15-5-10-25-73-63/h1-30,40-44,50-58H,31-39H2. The van der Waals surface area contributed by atoms with Gasteiger partial charge in [-0.1, -0.05) is 30.3 Å². The van der Waals surface area contributed by atoms with Crippen molar-refractivity contribution in [1.29, 1.82) is 0 Å². The second kappa shape index (κ2) is 22.6. The van der Waals surface area contributed by atoms with Gasteiger partial charge in [-0.2, -0.15) is 0 Å². The molecule has 13 rings (SSSR count). The zero-order chi connectivity index (χ0) is 52.0. The van der Waals surface area contributed by atoms with Crippen molar-refractivity contribution in [3.63, 3.8) is 0 Å². The summed E-state index contributed by atoms with van der Waals surface area (Å²) in [6.45, 7) is 0. The van der Waals surface area contributed by atoms with E-state index in [2.05, 4.69) is 121 Å². The first-order valence-corrected chi connectivity index (χ1v) is 28.0. The van der Waals surface area contributed by atoms with Gasteiger partial charge in [0.25, 0.3) is 0 Å². The van der Waals surface area contributed by atoms with Crippen LogP contribution >= 0.6 is 0 Å². The fourth-order valence-electron chi connectivity index (χ4n) is 13.7. The Bertz CT molecular complexity index is 3210. The van der Waals surface area contributed by atoms with Crippen LogP contribution in [0.4, 0.5) is 0 Å². The SMILES string of the molecule is c1ccc(-c2ccnc(C3CC(c4cc(-c5ccccn5)ccn4)CC(C4CC(c5cc(-c6ccccn6)ccn5)CC(C5CC(c6cc(-c7ccccn7)ccn6)CC(c6cc(-c7ccccn7)ccn6)C5)C4)C3)c2)nc1. The summed E-state index contributed by atoms with van der Waals surface area (Å²) in [7, 11) is 0.